The van der Waals surface area contributed by atoms with E-state index < -0.39 is 0 Å². The van der Waals surface area contributed by atoms with Crippen LogP contribution in [0.15, 0.2) is 36.7 Å². The Balaban J connectivity index is 0.00000243. The van der Waals surface area contributed by atoms with Gasteiger partial charge in [0.2, 0.25) is 0 Å². The molecule has 0 atom stereocenters. The summed E-state index contributed by atoms with van der Waals surface area (Å²) in [5.74, 6) is 0.803. The van der Waals surface area contributed by atoms with Crippen LogP contribution in [0.25, 0.3) is 0 Å². The minimum absolute atomic E-state index is 0. The maximum atomic E-state index is 12.7. The molecule has 26 heavy (non-hydrogen) atoms. The third kappa shape index (κ3) is 5.22. The van der Waals surface area contributed by atoms with E-state index in [0.29, 0.717) is 12.1 Å². The summed E-state index contributed by atoms with van der Waals surface area (Å²) in [6.07, 6.45) is 6.84. The minimum Gasteiger partial charge on any atom is -0.339 e. The maximum Gasteiger partial charge on any atom is 0.257 e. The van der Waals surface area contributed by atoms with Gasteiger partial charge in [0.25, 0.3) is 5.91 Å². The zero-order chi connectivity index (χ0) is 17.6. The second-order valence-corrected chi connectivity index (χ2v) is 7.05. The number of carbonyl (C=O) groups excluding carboxylic acids is 1. The molecule has 3 rings (SSSR count). The van der Waals surface area contributed by atoms with Gasteiger partial charge in [0.05, 0.1) is 18.3 Å². The summed E-state index contributed by atoms with van der Waals surface area (Å²) in [5, 5.41) is 8.24. The van der Waals surface area contributed by atoms with E-state index in [0.717, 1.165) is 49.0 Å². The third-order valence-corrected chi connectivity index (χ3v) is 5.24. The van der Waals surface area contributed by atoms with Crippen LogP contribution in [0.2, 0.25) is 5.02 Å². The quantitative estimate of drug-likeness (QED) is 0.812. The Labute approximate surface area is 166 Å². The Kier molecular flexibility index (Phi) is 7.94. The lowest BCUT2D eigenvalue weighted by Gasteiger charge is -2.31. The normalized spacial score (nSPS) is 14.9. The second kappa shape index (κ2) is 9.95. The van der Waals surface area contributed by atoms with E-state index in [2.05, 4.69) is 10.4 Å². The lowest BCUT2D eigenvalue weighted by molar-refractivity contribution is 0.0687. The van der Waals surface area contributed by atoms with Crippen molar-refractivity contribution < 1.29 is 4.79 Å². The topological polar surface area (TPSA) is 50.2 Å². The predicted octanol–water partition coefficient (Wildman–Crippen LogP) is 3.47. The Bertz CT molecular complexity index is 711. The number of nitrogens with one attached hydrogen (secondary N) is 1. The SMILES string of the molecule is CNCCC1CCN(C(=O)c2cnn(Cc3ccccc3Cl)c2)CC1.Cl. The van der Waals surface area contributed by atoms with Gasteiger partial charge in [0.1, 0.15) is 0 Å². The first-order chi connectivity index (χ1) is 12.2. The molecule has 7 heteroatoms. The van der Waals surface area contributed by atoms with Crippen molar-refractivity contribution in [2.24, 2.45) is 5.92 Å². The Hall–Kier alpha value is -1.56. The molecule has 1 aliphatic rings. The van der Waals surface area contributed by atoms with Gasteiger partial charge in [-0.2, -0.15) is 5.10 Å². The molecule has 0 spiro atoms. The fourth-order valence-electron chi connectivity index (χ4n) is 3.32. The minimum atomic E-state index is 0. The van der Waals surface area contributed by atoms with Gasteiger partial charge >= 0.3 is 0 Å². The molecule has 0 bridgehead atoms. The standard InChI is InChI=1S/C19H25ClN4O.ClH/c1-21-9-6-15-7-10-23(11-8-15)19(25)17-12-22-24(14-17)13-16-4-2-3-5-18(16)20;/h2-5,12,14-15,21H,6-11,13H2,1H3;1H. The Morgan fingerprint density at radius 3 is 2.73 bits per heavy atom. The summed E-state index contributed by atoms with van der Waals surface area (Å²) in [6.45, 7) is 3.29. The number of nitrogens with zero attached hydrogens (tertiary/aromatic N) is 3. The fraction of sp³-hybridized carbons (Fsp3) is 0.474. The first-order valence-electron chi connectivity index (χ1n) is 8.87. The molecule has 1 saturated heterocycles. The number of piperidine rings is 1. The van der Waals surface area contributed by atoms with Crippen LogP contribution in [-0.2, 0) is 6.54 Å². The largest absolute Gasteiger partial charge is 0.339 e. The highest BCUT2D eigenvalue weighted by Crippen LogP contribution is 2.22. The van der Waals surface area contributed by atoms with Gasteiger partial charge < -0.3 is 10.2 Å². The van der Waals surface area contributed by atoms with Crippen molar-refractivity contribution >= 4 is 29.9 Å². The van der Waals surface area contributed by atoms with Gasteiger partial charge in [-0.1, -0.05) is 29.8 Å². The highest BCUT2D eigenvalue weighted by Gasteiger charge is 2.24. The van der Waals surface area contributed by atoms with Gasteiger partial charge in [0.15, 0.2) is 0 Å². The summed E-state index contributed by atoms with van der Waals surface area (Å²) in [6, 6.07) is 7.70. The van der Waals surface area contributed by atoms with Crippen molar-refractivity contribution in [1.29, 1.82) is 0 Å². The summed E-state index contributed by atoms with van der Waals surface area (Å²) >= 11 is 6.19. The monoisotopic (exact) mass is 396 g/mol. The van der Waals surface area contributed by atoms with E-state index in [4.69, 9.17) is 11.6 Å². The summed E-state index contributed by atoms with van der Waals surface area (Å²) < 4.78 is 1.77. The van der Waals surface area contributed by atoms with Crippen LogP contribution in [0, 0.1) is 5.92 Å². The van der Waals surface area contributed by atoms with Crippen molar-refractivity contribution in [3.05, 3.63) is 52.8 Å². The average Bonchev–Trinajstić information content (AvgIpc) is 3.10. The number of likely N-dealkylation sites (tertiary alicyclic amines) is 1. The van der Waals surface area contributed by atoms with E-state index in [1.807, 2.05) is 42.4 Å². The van der Waals surface area contributed by atoms with Crippen molar-refractivity contribution in [2.75, 3.05) is 26.7 Å². The van der Waals surface area contributed by atoms with E-state index in [9.17, 15) is 4.79 Å². The number of rotatable bonds is 6. The van der Waals surface area contributed by atoms with Crippen LogP contribution in [-0.4, -0.2) is 47.3 Å². The van der Waals surface area contributed by atoms with Crippen molar-refractivity contribution in [2.45, 2.75) is 25.8 Å². The van der Waals surface area contributed by atoms with Gasteiger partial charge in [0, 0.05) is 24.3 Å². The maximum absolute atomic E-state index is 12.7. The zero-order valence-corrected chi connectivity index (χ0v) is 16.6. The summed E-state index contributed by atoms with van der Waals surface area (Å²) in [4.78, 5) is 14.6. The lowest BCUT2D eigenvalue weighted by atomic mass is 9.93. The van der Waals surface area contributed by atoms with Crippen LogP contribution in [0.3, 0.4) is 0 Å². The number of halogens is 2. The molecule has 1 amide bonds. The lowest BCUT2D eigenvalue weighted by Crippen LogP contribution is -2.38. The van der Waals surface area contributed by atoms with Crippen LogP contribution < -0.4 is 5.32 Å². The molecule has 2 heterocycles. The number of hydrogen-bond acceptors (Lipinski definition) is 3. The smallest absolute Gasteiger partial charge is 0.257 e. The number of amides is 1. The molecule has 1 fully saturated rings. The molecule has 0 saturated carbocycles. The molecule has 2 aromatic rings. The first kappa shape index (κ1) is 20.7. The highest BCUT2D eigenvalue weighted by atomic mass is 35.5. The van der Waals surface area contributed by atoms with Crippen LogP contribution in [0.5, 0.6) is 0 Å². The molecule has 0 radical (unpaired) electrons. The van der Waals surface area contributed by atoms with Crippen molar-refractivity contribution in [3.63, 3.8) is 0 Å². The number of carbonyl (C=O) groups is 1. The van der Waals surface area contributed by atoms with Crippen molar-refractivity contribution in [3.8, 4) is 0 Å². The average molecular weight is 397 g/mol. The van der Waals surface area contributed by atoms with Crippen LogP contribution in [0.4, 0.5) is 0 Å². The van der Waals surface area contributed by atoms with Gasteiger partial charge in [-0.3, -0.25) is 9.48 Å². The van der Waals surface area contributed by atoms with Crippen LogP contribution in [0.1, 0.15) is 35.2 Å². The van der Waals surface area contributed by atoms with E-state index in [-0.39, 0.29) is 18.3 Å². The van der Waals surface area contributed by atoms with E-state index in [1.165, 1.54) is 6.42 Å². The van der Waals surface area contributed by atoms with Crippen LogP contribution >= 0.6 is 24.0 Å². The number of hydrogen-bond donors (Lipinski definition) is 1. The third-order valence-electron chi connectivity index (χ3n) is 4.87. The molecular weight excluding hydrogens is 371 g/mol. The van der Waals surface area contributed by atoms with Gasteiger partial charge in [-0.05, 0) is 50.4 Å². The zero-order valence-electron chi connectivity index (χ0n) is 15.0. The molecular formula is C19H26Cl2N4O. The molecule has 5 nitrogen and oxygen atoms in total. The first-order valence-corrected chi connectivity index (χ1v) is 9.25. The van der Waals surface area contributed by atoms with Gasteiger partial charge in [-0.15, -0.1) is 12.4 Å². The Morgan fingerprint density at radius 1 is 1.31 bits per heavy atom. The molecule has 0 aliphatic carbocycles. The molecule has 1 N–H and O–H groups in total. The van der Waals surface area contributed by atoms with Gasteiger partial charge in [-0.25, -0.2) is 0 Å². The second-order valence-electron chi connectivity index (χ2n) is 6.65. The molecule has 142 valence electrons. The molecule has 1 aliphatic heterocycles. The molecule has 0 unspecified atom stereocenters. The molecule has 1 aromatic carbocycles. The molecule has 1 aromatic heterocycles. The van der Waals surface area contributed by atoms with E-state index >= 15 is 0 Å². The van der Waals surface area contributed by atoms with E-state index in [1.54, 1.807) is 10.9 Å². The summed E-state index contributed by atoms with van der Waals surface area (Å²) in [7, 11) is 1.99. The predicted molar refractivity (Wildman–Crippen MR) is 107 cm³/mol. The number of benzene rings is 1. The fourth-order valence-corrected chi connectivity index (χ4v) is 3.51. The van der Waals surface area contributed by atoms with Crippen molar-refractivity contribution in [1.82, 2.24) is 20.0 Å². The number of aromatic nitrogens is 2. The Morgan fingerprint density at radius 2 is 2.04 bits per heavy atom. The highest BCUT2D eigenvalue weighted by molar-refractivity contribution is 6.31. The summed E-state index contributed by atoms with van der Waals surface area (Å²) in [5.41, 5.74) is 1.65.